The van der Waals surface area contributed by atoms with E-state index in [9.17, 15) is 0 Å². The molecule has 0 unspecified atom stereocenters. The van der Waals surface area contributed by atoms with Gasteiger partial charge in [-0.15, -0.1) is 0 Å². The van der Waals surface area contributed by atoms with Crippen molar-refractivity contribution in [2.45, 2.75) is 26.4 Å². The predicted molar refractivity (Wildman–Crippen MR) is 74.1 cm³/mol. The molecule has 0 aromatic carbocycles. The van der Waals surface area contributed by atoms with Gasteiger partial charge in [0.05, 0.1) is 6.54 Å². The zero-order valence-corrected chi connectivity index (χ0v) is 11.1. The lowest BCUT2D eigenvalue weighted by Gasteiger charge is -2.28. The number of nitrogens with one attached hydrogen (secondary N) is 1. The van der Waals surface area contributed by atoms with Crippen LogP contribution in [0.2, 0.25) is 0 Å². The second kappa shape index (κ2) is 5.26. The Bertz CT molecular complexity index is 550. The van der Waals surface area contributed by atoms with E-state index in [1.54, 1.807) is 6.33 Å². The monoisotopic (exact) mass is 258 g/mol. The fraction of sp³-hybridized carbons (Fsp3) is 0.462. The minimum atomic E-state index is 0.803. The van der Waals surface area contributed by atoms with Crippen molar-refractivity contribution < 1.29 is 0 Å². The molecule has 1 N–H and O–H groups in total. The van der Waals surface area contributed by atoms with Crippen molar-refractivity contribution in [3.05, 3.63) is 30.6 Å². The highest BCUT2D eigenvalue weighted by Crippen LogP contribution is 2.19. The highest BCUT2D eigenvalue weighted by Gasteiger charge is 2.18. The summed E-state index contributed by atoms with van der Waals surface area (Å²) in [6.07, 6.45) is 6.59. The van der Waals surface area contributed by atoms with E-state index in [4.69, 9.17) is 0 Å². The molecule has 0 radical (unpaired) electrons. The van der Waals surface area contributed by atoms with Gasteiger partial charge in [0.2, 0.25) is 0 Å². The summed E-state index contributed by atoms with van der Waals surface area (Å²) < 4.78 is 2.19. The summed E-state index contributed by atoms with van der Waals surface area (Å²) in [6, 6.07) is 2.01. The third kappa shape index (κ3) is 2.52. The molecular weight excluding hydrogens is 240 g/mol. The maximum Gasteiger partial charge on any atom is 0.134 e. The van der Waals surface area contributed by atoms with Crippen molar-refractivity contribution in [2.24, 2.45) is 0 Å². The summed E-state index contributed by atoms with van der Waals surface area (Å²) in [5.74, 6) is 2.94. The van der Waals surface area contributed by atoms with E-state index in [1.165, 1.54) is 0 Å². The summed E-state index contributed by atoms with van der Waals surface area (Å²) in [6.45, 7) is 5.78. The molecule has 0 atom stereocenters. The Hall–Kier alpha value is -2.11. The zero-order chi connectivity index (χ0) is 13.1. The van der Waals surface area contributed by atoms with Crippen LogP contribution in [0.25, 0.3) is 0 Å². The van der Waals surface area contributed by atoms with E-state index in [0.29, 0.717) is 0 Å². The number of anilines is 2. The lowest BCUT2D eigenvalue weighted by Crippen LogP contribution is -2.34. The van der Waals surface area contributed by atoms with Gasteiger partial charge < -0.3 is 14.8 Å². The smallest absolute Gasteiger partial charge is 0.134 e. The summed E-state index contributed by atoms with van der Waals surface area (Å²) >= 11 is 0. The molecule has 2 aromatic heterocycles. The van der Waals surface area contributed by atoms with Crippen LogP contribution in [-0.4, -0.2) is 32.6 Å². The van der Waals surface area contributed by atoms with Gasteiger partial charge in [-0.2, -0.15) is 0 Å². The average molecular weight is 258 g/mol. The Balaban J connectivity index is 1.76. The Kier molecular flexibility index (Phi) is 3.31. The molecule has 19 heavy (non-hydrogen) atoms. The molecular formula is C13H18N6. The predicted octanol–water partition coefficient (Wildman–Crippen LogP) is 1.52. The maximum absolute atomic E-state index is 4.37. The van der Waals surface area contributed by atoms with Crippen molar-refractivity contribution in [3.63, 3.8) is 0 Å². The molecule has 100 valence electrons. The van der Waals surface area contributed by atoms with Crippen LogP contribution < -0.4 is 10.2 Å². The van der Waals surface area contributed by atoms with Gasteiger partial charge in [-0.1, -0.05) is 6.92 Å². The second-order valence-corrected chi connectivity index (χ2v) is 4.65. The number of fused-ring (bicyclic) bond motifs is 1. The quantitative estimate of drug-likeness (QED) is 0.901. The molecule has 0 aliphatic carbocycles. The molecule has 1 aliphatic heterocycles. The molecule has 6 heteroatoms. The Labute approximate surface area is 112 Å². The molecule has 2 aromatic rings. The van der Waals surface area contributed by atoms with E-state index in [1.807, 2.05) is 18.5 Å². The first kappa shape index (κ1) is 12.0. The topological polar surface area (TPSA) is 58.9 Å². The number of rotatable bonds is 4. The van der Waals surface area contributed by atoms with Crippen LogP contribution in [0.4, 0.5) is 11.6 Å². The first-order valence-corrected chi connectivity index (χ1v) is 6.67. The van der Waals surface area contributed by atoms with Gasteiger partial charge in [-0.05, 0) is 6.42 Å². The number of hydrogen-bond donors (Lipinski definition) is 1. The molecule has 6 nitrogen and oxygen atoms in total. The number of aromatic nitrogens is 4. The lowest BCUT2D eigenvalue weighted by molar-refractivity contribution is 0.556. The van der Waals surface area contributed by atoms with E-state index in [0.717, 1.165) is 50.1 Å². The van der Waals surface area contributed by atoms with E-state index in [2.05, 4.69) is 36.7 Å². The Morgan fingerprint density at radius 1 is 1.26 bits per heavy atom. The van der Waals surface area contributed by atoms with Gasteiger partial charge in [0, 0.05) is 38.1 Å². The molecule has 0 saturated carbocycles. The Morgan fingerprint density at radius 3 is 3.11 bits per heavy atom. The first-order chi connectivity index (χ1) is 9.36. The van der Waals surface area contributed by atoms with Crippen LogP contribution in [0.3, 0.4) is 0 Å². The molecule has 3 rings (SSSR count). The van der Waals surface area contributed by atoms with Crippen LogP contribution in [0.15, 0.2) is 24.8 Å². The van der Waals surface area contributed by atoms with Crippen molar-refractivity contribution in [1.29, 1.82) is 0 Å². The normalized spacial score (nSPS) is 14.3. The van der Waals surface area contributed by atoms with E-state index in [-0.39, 0.29) is 0 Å². The van der Waals surface area contributed by atoms with Crippen LogP contribution in [0.1, 0.15) is 19.2 Å². The van der Waals surface area contributed by atoms with Gasteiger partial charge in [0.25, 0.3) is 0 Å². The minimum absolute atomic E-state index is 0.803. The van der Waals surface area contributed by atoms with Crippen molar-refractivity contribution in [3.8, 4) is 0 Å². The summed E-state index contributed by atoms with van der Waals surface area (Å²) in [7, 11) is 0. The lowest BCUT2D eigenvalue weighted by atomic mass is 10.3. The van der Waals surface area contributed by atoms with Gasteiger partial charge in [-0.3, -0.25) is 0 Å². The Morgan fingerprint density at radius 2 is 2.21 bits per heavy atom. The number of hydrogen-bond acceptors (Lipinski definition) is 5. The molecule has 3 heterocycles. The molecule has 0 amide bonds. The average Bonchev–Trinajstić information content (AvgIpc) is 2.92. The van der Waals surface area contributed by atoms with Gasteiger partial charge in [0.15, 0.2) is 0 Å². The summed E-state index contributed by atoms with van der Waals surface area (Å²) in [5.41, 5.74) is 0. The van der Waals surface area contributed by atoms with Gasteiger partial charge >= 0.3 is 0 Å². The third-order valence-electron chi connectivity index (χ3n) is 3.28. The van der Waals surface area contributed by atoms with Crippen molar-refractivity contribution in [1.82, 2.24) is 19.5 Å². The molecule has 0 spiro atoms. The number of nitrogens with zero attached hydrogens (tertiary/aromatic N) is 5. The first-order valence-electron chi connectivity index (χ1n) is 6.67. The van der Waals surface area contributed by atoms with Crippen molar-refractivity contribution >= 4 is 11.6 Å². The fourth-order valence-corrected chi connectivity index (χ4v) is 2.24. The minimum Gasteiger partial charge on any atom is -0.370 e. The molecule has 0 bridgehead atoms. The highest BCUT2D eigenvalue weighted by atomic mass is 15.3. The van der Waals surface area contributed by atoms with Crippen LogP contribution in [0.5, 0.6) is 0 Å². The molecule has 1 aliphatic rings. The van der Waals surface area contributed by atoms with Gasteiger partial charge in [0.1, 0.15) is 23.8 Å². The molecule has 0 fully saturated rings. The van der Waals surface area contributed by atoms with Crippen molar-refractivity contribution in [2.75, 3.05) is 23.3 Å². The maximum atomic E-state index is 4.37. The van der Waals surface area contributed by atoms with E-state index >= 15 is 0 Å². The fourth-order valence-electron chi connectivity index (χ4n) is 2.24. The standard InChI is InChI=1S/C13H18N6/c1-2-3-14-11-8-12(17-10-16-11)19-7-6-18-5-4-15-13(18)9-19/h4-5,8,10H,2-3,6-7,9H2,1H3,(H,14,16,17). The summed E-state index contributed by atoms with van der Waals surface area (Å²) in [4.78, 5) is 15.2. The number of imidazole rings is 1. The van der Waals surface area contributed by atoms with Crippen LogP contribution in [0, 0.1) is 0 Å². The van der Waals surface area contributed by atoms with Crippen LogP contribution in [-0.2, 0) is 13.1 Å². The largest absolute Gasteiger partial charge is 0.370 e. The molecule has 0 saturated heterocycles. The summed E-state index contributed by atoms with van der Waals surface area (Å²) in [5, 5.41) is 3.29. The zero-order valence-electron chi connectivity index (χ0n) is 11.1. The second-order valence-electron chi connectivity index (χ2n) is 4.65. The highest BCUT2D eigenvalue weighted by molar-refractivity contribution is 5.48. The van der Waals surface area contributed by atoms with E-state index < -0.39 is 0 Å². The van der Waals surface area contributed by atoms with Gasteiger partial charge in [-0.25, -0.2) is 15.0 Å². The van der Waals surface area contributed by atoms with Crippen LogP contribution >= 0.6 is 0 Å². The SMILES string of the molecule is CCCNc1cc(N2CCn3ccnc3C2)ncn1. The third-order valence-corrected chi connectivity index (χ3v) is 3.28.